The van der Waals surface area contributed by atoms with Crippen LogP contribution in [0.5, 0.6) is 0 Å². The van der Waals surface area contributed by atoms with Gasteiger partial charge in [-0.05, 0) is 54.9 Å². The second-order valence-electron chi connectivity index (χ2n) is 4.64. The minimum atomic E-state index is -0.870. The van der Waals surface area contributed by atoms with Crippen molar-refractivity contribution >= 4 is 39.2 Å². The Balaban J connectivity index is 2.65. The zero-order valence-electron chi connectivity index (χ0n) is 10.8. The molecule has 1 N–H and O–H groups in total. The second-order valence-corrected chi connectivity index (χ2v) is 7.13. The normalized spacial score (nSPS) is 12.1. The summed E-state index contributed by atoms with van der Waals surface area (Å²) in [6.07, 6.45) is 3.35. The number of hydrogen-bond acceptors (Lipinski definition) is 3. The van der Waals surface area contributed by atoms with Crippen LogP contribution in [0.15, 0.2) is 22.0 Å². The quantitative estimate of drug-likeness (QED) is 0.842. The molecule has 0 spiro atoms. The molecule has 5 heteroatoms. The molecule has 1 rings (SSSR count). The molecule has 1 aromatic rings. The first-order valence-corrected chi connectivity index (χ1v) is 7.37. The Hall–Kier alpha value is -0.650. The lowest BCUT2D eigenvalue weighted by Crippen LogP contribution is -2.41. The van der Waals surface area contributed by atoms with Crippen molar-refractivity contribution in [3.05, 3.63) is 26.9 Å². The van der Waals surface area contributed by atoms with Gasteiger partial charge in [-0.15, -0.1) is 11.3 Å². The van der Waals surface area contributed by atoms with Crippen molar-refractivity contribution in [3.8, 4) is 0 Å². The molecular weight excluding hydrogens is 314 g/mol. The maximum Gasteiger partial charge on any atom is 0.246 e. The van der Waals surface area contributed by atoms with E-state index in [1.54, 1.807) is 42.2 Å². The number of rotatable bonds is 5. The summed E-state index contributed by atoms with van der Waals surface area (Å²) in [5, 5.41) is 9.73. The Kier molecular flexibility index (Phi) is 5.56. The fourth-order valence-corrected chi connectivity index (χ4v) is 2.82. The molecule has 0 atom stereocenters. The lowest BCUT2D eigenvalue weighted by atomic mass is 10.1. The molecule has 18 heavy (non-hydrogen) atoms. The van der Waals surface area contributed by atoms with Crippen LogP contribution in [0.25, 0.3) is 6.08 Å². The first-order chi connectivity index (χ1) is 8.31. The van der Waals surface area contributed by atoms with Gasteiger partial charge >= 0.3 is 0 Å². The van der Waals surface area contributed by atoms with Crippen LogP contribution in [0.2, 0.25) is 0 Å². The molecule has 1 heterocycles. The molecule has 0 saturated heterocycles. The highest BCUT2D eigenvalue weighted by molar-refractivity contribution is 9.11. The molecule has 0 aliphatic carbocycles. The van der Waals surface area contributed by atoms with Crippen LogP contribution in [0, 0.1) is 0 Å². The topological polar surface area (TPSA) is 40.5 Å². The van der Waals surface area contributed by atoms with Crippen molar-refractivity contribution in [2.75, 3.05) is 13.1 Å². The lowest BCUT2D eigenvalue weighted by Gasteiger charge is -2.27. The summed E-state index contributed by atoms with van der Waals surface area (Å²) in [5.74, 6) is -0.0795. The molecule has 1 aromatic heterocycles. The average molecular weight is 332 g/mol. The number of halogens is 1. The van der Waals surface area contributed by atoms with E-state index in [1.807, 2.05) is 19.1 Å². The van der Waals surface area contributed by atoms with Gasteiger partial charge in [-0.2, -0.15) is 0 Å². The molecule has 0 aliphatic heterocycles. The van der Waals surface area contributed by atoms with E-state index >= 15 is 0 Å². The van der Waals surface area contributed by atoms with Gasteiger partial charge in [0.25, 0.3) is 0 Å². The zero-order valence-corrected chi connectivity index (χ0v) is 13.2. The van der Waals surface area contributed by atoms with Crippen molar-refractivity contribution in [1.29, 1.82) is 0 Å². The summed E-state index contributed by atoms with van der Waals surface area (Å²) in [7, 11) is 0. The number of hydrogen-bond donors (Lipinski definition) is 1. The minimum absolute atomic E-state index is 0.0795. The predicted molar refractivity (Wildman–Crippen MR) is 79.6 cm³/mol. The largest absolute Gasteiger partial charge is 0.389 e. The van der Waals surface area contributed by atoms with Gasteiger partial charge in [0.2, 0.25) is 5.91 Å². The molecule has 0 unspecified atom stereocenters. The standard InChI is InChI=1S/C13H18BrNO2S/c1-4-15(9-13(2,3)17)12(16)8-6-10-5-7-11(14)18-10/h5-8,17H,4,9H2,1-3H3. The number of carbonyl (C=O) groups excluding carboxylic acids is 1. The van der Waals surface area contributed by atoms with Gasteiger partial charge in [0, 0.05) is 24.0 Å². The van der Waals surface area contributed by atoms with Crippen LogP contribution in [-0.4, -0.2) is 34.6 Å². The van der Waals surface area contributed by atoms with Crippen molar-refractivity contribution in [1.82, 2.24) is 4.90 Å². The number of likely N-dealkylation sites (N-methyl/N-ethyl adjacent to an activating group) is 1. The summed E-state index contributed by atoms with van der Waals surface area (Å²) < 4.78 is 1.04. The van der Waals surface area contributed by atoms with E-state index in [-0.39, 0.29) is 5.91 Å². The molecule has 0 aromatic carbocycles. The first-order valence-electron chi connectivity index (χ1n) is 5.76. The molecule has 0 radical (unpaired) electrons. The van der Waals surface area contributed by atoms with Crippen LogP contribution >= 0.6 is 27.3 Å². The molecule has 100 valence electrons. The zero-order chi connectivity index (χ0) is 13.8. The highest BCUT2D eigenvalue weighted by atomic mass is 79.9. The molecule has 0 bridgehead atoms. The number of carbonyl (C=O) groups is 1. The molecular formula is C13H18BrNO2S. The van der Waals surface area contributed by atoms with Gasteiger partial charge in [0.05, 0.1) is 9.39 Å². The Morgan fingerprint density at radius 1 is 1.56 bits per heavy atom. The molecule has 0 fully saturated rings. The van der Waals surface area contributed by atoms with Crippen molar-refractivity contribution in [2.24, 2.45) is 0 Å². The van der Waals surface area contributed by atoms with E-state index in [0.717, 1.165) is 8.66 Å². The SMILES string of the molecule is CCN(CC(C)(C)O)C(=O)C=Cc1ccc(Br)s1. The van der Waals surface area contributed by atoms with Crippen molar-refractivity contribution in [3.63, 3.8) is 0 Å². The number of thiophene rings is 1. The minimum Gasteiger partial charge on any atom is -0.389 e. The molecule has 1 amide bonds. The maximum atomic E-state index is 12.0. The van der Waals surface area contributed by atoms with E-state index in [4.69, 9.17) is 0 Å². The van der Waals surface area contributed by atoms with E-state index in [9.17, 15) is 9.90 Å². The fourth-order valence-electron chi connectivity index (χ4n) is 1.49. The van der Waals surface area contributed by atoms with Gasteiger partial charge < -0.3 is 10.0 Å². The van der Waals surface area contributed by atoms with Crippen LogP contribution in [0.1, 0.15) is 25.6 Å². The molecule has 0 saturated carbocycles. The summed E-state index contributed by atoms with van der Waals surface area (Å²) in [5.41, 5.74) is -0.870. The summed E-state index contributed by atoms with van der Waals surface area (Å²) >= 11 is 4.95. The first kappa shape index (κ1) is 15.4. The second kappa shape index (κ2) is 6.50. The maximum absolute atomic E-state index is 12.0. The van der Waals surface area contributed by atoms with Gasteiger partial charge in [0.1, 0.15) is 0 Å². The monoisotopic (exact) mass is 331 g/mol. The van der Waals surface area contributed by atoms with Crippen LogP contribution in [0.4, 0.5) is 0 Å². The van der Waals surface area contributed by atoms with Gasteiger partial charge in [0.15, 0.2) is 0 Å². The summed E-state index contributed by atoms with van der Waals surface area (Å²) in [6.45, 7) is 6.22. The number of nitrogens with zero attached hydrogens (tertiary/aromatic N) is 1. The van der Waals surface area contributed by atoms with Crippen molar-refractivity contribution < 1.29 is 9.90 Å². The summed E-state index contributed by atoms with van der Waals surface area (Å²) in [4.78, 5) is 14.6. The molecule has 0 aliphatic rings. The number of aliphatic hydroxyl groups is 1. The Morgan fingerprint density at radius 2 is 2.22 bits per heavy atom. The third-order valence-corrected chi connectivity index (χ3v) is 3.84. The number of amides is 1. The highest BCUT2D eigenvalue weighted by Gasteiger charge is 2.19. The molecule has 3 nitrogen and oxygen atoms in total. The van der Waals surface area contributed by atoms with E-state index in [2.05, 4.69) is 15.9 Å². The third-order valence-electron chi connectivity index (χ3n) is 2.26. The van der Waals surface area contributed by atoms with Crippen LogP contribution in [-0.2, 0) is 4.79 Å². The van der Waals surface area contributed by atoms with E-state index in [0.29, 0.717) is 13.1 Å². The smallest absolute Gasteiger partial charge is 0.246 e. The van der Waals surface area contributed by atoms with Gasteiger partial charge in [-0.3, -0.25) is 4.79 Å². The highest BCUT2D eigenvalue weighted by Crippen LogP contribution is 2.23. The third kappa shape index (κ3) is 5.33. The van der Waals surface area contributed by atoms with E-state index < -0.39 is 5.60 Å². The van der Waals surface area contributed by atoms with Crippen LogP contribution in [0.3, 0.4) is 0 Å². The predicted octanol–water partition coefficient (Wildman–Crippen LogP) is 3.14. The van der Waals surface area contributed by atoms with E-state index in [1.165, 1.54) is 0 Å². The fraction of sp³-hybridized carbons (Fsp3) is 0.462. The van der Waals surface area contributed by atoms with Gasteiger partial charge in [-0.1, -0.05) is 0 Å². The van der Waals surface area contributed by atoms with Crippen molar-refractivity contribution in [2.45, 2.75) is 26.4 Å². The Labute approximate surface area is 120 Å². The van der Waals surface area contributed by atoms with Crippen LogP contribution < -0.4 is 0 Å². The summed E-state index contributed by atoms with van der Waals surface area (Å²) in [6, 6.07) is 3.90. The lowest BCUT2D eigenvalue weighted by molar-refractivity contribution is -0.128. The Morgan fingerprint density at radius 3 is 2.67 bits per heavy atom. The average Bonchev–Trinajstić information content (AvgIpc) is 2.67. The Bertz CT molecular complexity index is 434. The van der Waals surface area contributed by atoms with Gasteiger partial charge in [-0.25, -0.2) is 0 Å².